The van der Waals surface area contributed by atoms with Crippen LogP contribution >= 0.6 is 15.9 Å². The monoisotopic (exact) mass is 339 g/mol. The highest BCUT2D eigenvalue weighted by molar-refractivity contribution is 9.09. The summed E-state index contributed by atoms with van der Waals surface area (Å²) in [6.45, 7) is 1.98. The van der Waals surface area contributed by atoms with E-state index in [-0.39, 0.29) is 11.9 Å². The van der Waals surface area contributed by atoms with Crippen molar-refractivity contribution >= 4 is 21.8 Å². The number of hydrogen-bond acceptors (Lipinski definition) is 2. The summed E-state index contributed by atoms with van der Waals surface area (Å²) >= 11 is 3.72. The van der Waals surface area contributed by atoms with Crippen molar-refractivity contribution < 1.29 is 9.53 Å². The molecule has 4 heteroatoms. The lowest BCUT2D eigenvalue weighted by molar-refractivity contribution is 0.0704. The van der Waals surface area contributed by atoms with Gasteiger partial charge in [-0.1, -0.05) is 34.8 Å². The first kappa shape index (κ1) is 15.4. The van der Waals surface area contributed by atoms with Crippen molar-refractivity contribution in [3.8, 4) is 5.75 Å². The van der Waals surface area contributed by atoms with Gasteiger partial charge in [-0.05, 0) is 37.5 Å². The van der Waals surface area contributed by atoms with Gasteiger partial charge in [-0.15, -0.1) is 0 Å². The summed E-state index contributed by atoms with van der Waals surface area (Å²) < 4.78 is 5.30. The molecule has 2 rings (SSSR count). The number of amides is 1. The summed E-state index contributed by atoms with van der Waals surface area (Å²) in [7, 11) is 3.54. The van der Waals surface area contributed by atoms with Crippen molar-refractivity contribution in [3.63, 3.8) is 0 Å². The van der Waals surface area contributed by atoms with Crippen LogP contribution in [0.15, 0.2) is 18.2 Å². The fraction of sp³-hybridized carbons (Fsp3) is 0.562. The van der Waals surface area contributed by atoms with Crippen molar-refractivity contribution in [1.82, 2.24) is 4.90 Å². The van der Waals surface area contributed by atoms with Crippen molar-refractivity contribution in [2.45, 2.75) is 43.5 Å². The lowest BCUT2D eigenvalue weighted by atomic mass is 9.94. The van der Waals surface area contributed by atoms with Crippen LogP contribution in [0.25, 0.3) is 0 Å². The molecule has 0 aromatic heterocycles. The molecule has 20 heavy (non-hydrogen) atoms. The fourth-order valence-electron chi connectivity index (χ4n) is 2.81. The number of carbonyl (C=O) groups is 1. The Labute approximate surface area is 129 Å². The molecule has 0 saturated heterocycles. The van der Waals surface area contributed by atoms with E-state index in [0.29, 0.717) is 10.4 Å². The van der Waals surface area contributed by atoms with Gasteiger partial charge in [-0.25, -0.2) is 0 Å². The average molecular weight is 340 g/mol. The molecule has 110 valence electrons. The summed E-state index contributed by atoms with van der Waals surface area (Å²) in [5.74, 6) is 0.836. The zero-order valence-corrected chi connectivity index (χ0v) is 13.9. The van der Waals surface area contributed by atoms with E-state index in [1.807, 2.05) is 37.1 Å². The molecule has 1 fully saturated rings. The predicted octanol–water partition coefficient (Wildman–Crippen LogP) is 3.78. The normalized spacial score (nSPS) is 22.4. The van der Waals surface area contributed by atoms with Crippen LogP contribution in [0.3, 0.4) is 0 Å². The molecule has 1 aromatic rings. The number of hydrogen-bond donors (Lipinski definition) is 0. The third-order valence-corrected chi connectivity index (χ3v) is 5.19. The van der Waals surface area contributed by atoms with Crippen LogP contribution in [0.1, 0.15) is 41.6 Å². The third-order valence-electron chi connectivity index (χ3n) is 4.12. The predicted molar refractivity (Wildman–Crippen MR) is 84.8 cm³/mol. The van der Waals surface area contributed by atoms with Gasteiger partial charge in [0.1, 0.15) is 5.75 Å². The van der Waals surface area contributed by atoms with Crippen LogP contribution in [-0.4, -0.2) is 35.8 Å². The Kier molecular flexibility index (Phi) is 5.08. The van der Waals surface area contributed by atoms with Crippen LogP contribution in [0.2, 0.25) is 0 Å². The minimum atomic E-state index is 0.0691. The van der Waals surface area contributed by atoms with Gasteiger partial charge >= 0.3 is 0 Å². The SMILES string of the molecule is COc1cc(C(=O)N(C)C2CCCCC2Br)ccc1C. The zero-order valence-electron chi connectivity index (χ0n) is 12.4. The van der Waals surface area contributed by atoms with Gasteiger partial charge in [0.25, 0.3) is 5.91 Å². The number of methoxy groups -OCH3 is 1. The standard InChI is InChI=1S/C16H22BrNO2/c1-11-8-9-12(10-15(11)20-3)16(19)18(2)14-7-5-4-6-13(14)17/h8-10,13-14H,4-7H2,1-3H3. The van der Waals surface area contributed by atoms with E-state index in [9.17, 15) is 4.79 Å². The second kappa shape index (κ2) is 6.61. The van der Waals surface area contributed by atoms with Crippen LogP contribution < -0.4 is 4.74 Å². The molecule has 1 aliphatic carbocycles. The van der Waals surface area contributed by atoms with Crippen LogP contribution in [0, 0.1) is 6.92 Å². The Balaban J connectivity index is 2.17. The highest BCUT2D eigenvalue weighted by Gasteiger charge is 2.29. The third kappa shape index (κ3) is 3.17. The van der Waals surface area contributed by atoms with Gasteiger partial charge in [-0.3, -0.25) is 4.79 Å². The minimum Gasteiger partial charge on any atom is -0.496 e. The Bertz CT molecular complexity index is 489. The number of ether oxygens (including phenoxy) is 1. The van der Waals surface area contributed by atoms with E-state index in [4.69, 9.17) is 4.74 Å². The zero-order chi connectivity index (χ0) is 14.7. The van der Waals surface area contributed by atoms with Gasteiger partial charge in [0.15, 0.2) is 0 Å². The van der Waals surface area contributed by atoms with Crippen LogP contribution in [0.4, 0.5) is 0 Å². The maximum absolute atomic E-state index is 12.6. The van der Waals surface area contributed by atoms with Crippen molar-refractivity contribution in [2.75, 3.05) is 14.2 Å². The molecule has 1 aliphatic rings. The van der Waals surface area contributed by atoms with Crippen molar-refractivity contribution in [2.24, 2.45) is 0 Å². The molecule has 1 aromatic carbocycles. The fourth-order valence-corrected chi connectivity index (χ4v) is 3.75. The molecule has 0 heterocycles. The van der Waals surface area contributed by atoms with Crippen LogP contribution in [0.5, 0.6) is 5.75 Å². The van der Waals surface area contributed by atoms with E-state index >= 15 is 0 Å². The van der Waals surface area contributed by atoms with Gasteiger partial charge in [0.2, 0.25) is 0 Å². The Morgan fingerprint density at radius 3 is 2.70 bits per heavy atom. The summed E-state index contributed by atoms with van der Waals surface area (Å²) in [5.41, 5.74) is 1.74. The lowest BCUT2D eigenvalue weighted by Gasteiger charge is -2.35. The first-order valence-corrected chi connectivity index (χ1v) is 8.02. The Morgan fingerprint density at radius 1 is 1.35 bits per heavy atom. The van der Waals surface area contributed by atoms with E-state index in [0.717, 1.165) is 24.2 Å². The first-order chi connectivity index (χ1) is 9.54. The molecule has 1 amide bonds. The molecular weight excluding hydrogens is 318 g/mol. The quantitative estimate of drug-likeness (QED) is 0.784. The first-order valence-electron chi connectivity index (χ1n) is 7.10. The van der Waals surface area contributed by atoms with E-state index in [2.05, 4.69) is 15.9 Å². The Morgan fingerprint density at radius 2 is 2.05 bits per heavy atom. The molecular formula is C16H22BrNO2. The van der Waals surface area contributed by atoms with Crippen LogP contribution in [-0.2, 0) is 0 Å². The maximum Gasteiger partial charge on any atom is 0.254 e. The molecule has 3 nitrogen and oxygen atoms in total. The van der Waals surface area contributed by atoms with Gasteiger partial charge in [-0.2, -0.15) is 0 Å². The molecule has 0 N–H and O–H groups in total. The second-order valence-corrected chi connectivity index (χ2v) is 6.64. The summed E-state index contributed by atoms with van der Waals surface area (Å²) in [5, 5.41) is 0. The number of halogens is 1. The number of benzene rings is 1. The average Bonchev–Trinajstić information content (AvgIpc) is 2.47. The van der Waals surface area contributed by atoms with Crippen molar-refractivity contribution in [3.05, 3.63) is 29.3 Å². The number of nitrogens with zero attached hydrogens (tertiary/aromatic N) is 1. The summed E-state index contributed by atoms with van der Waals surface area (Å²) in [6.07, 6.45) is 4.65. The molecule has 1 saturated carbocycles. The molecule has 0 bridgehead atoms. The largest absolute Gasteiger partial charge is 0.496 e. The van der Waals surface area contributed by atoms with Crippen molar-refractivity contribution in [1.29, 1.82) is 0 Å². The van der Waals surface area contributed by atoms with Gasteiger partial charge in [0.05, 0.1) is 7.11 Å². The van der Waals surface area contributed by atoms with Gasteiger partial charge in [0, 0.05) is 23.5 Å². The van der Waals surface area contributed by atoms with Gasteiger partial charge < -0.3 is 9.64 Å². The summed E-state index contributed by atoms with van der Waals surface area (Å²) in [6, 6.07) is 5.93. The minimum absolute atomic E-state index is 0.0691. The maximum atomic E-state index is 12.6. The molecule has 0 radical (unpaired) electrons. The topological polar surface area (TPSA) is 29.5 Å². The van der Waals surface area contributed by atoms with E-state index in [1.54, 1.807) is 7.11 Å². The molecule has 0 spiro atoms. The highest BCUT2D eigenvalue weighted by Crippen LogP contribution is 2.29. The van der Waals surface area contributed by atoms with E-state index < -0.39 is 0 Å². The van der Waals surface area contributed by atoms with E-state index in [1.165, 1.54) is 12.8 Å². The second-order valence-electron chi connectivity index (χ2n) is 5.47. The smallest absolute Gasteiger partial charge is 0.254 e. The lowest BCUT2D eigenvalue weighted by Crippen LogP contribution is -2.44. The molecule has 0 aliphatic heterocycles. The summed E-state index contributed by atoms with van der Waals surface area (Å²) in [4.78, 5) is 14.9. The highest BCUT2D eigenvalue weighted by atomic mass is 79.9. The molecule has 2 unspecified atom stereocenters. The molecule has 2 atom stereocenters. The number of aryl methyl sites for hydroxylation is 1. The number of rotatable bonds is 3. The Hall–Kier alpha value is -1.03. The number of alkyl halides is 1. The number of carbonyl (C=O) groups excluding carboxylic acids is 1.